The fourth-order valence-electron chi connectivity index (χ4n) is 1.61. The number of aryl methyl sites for hydroxylation is 1. The summed E-state index contributed by atoms with van der Waals surface area (Å²) in [5, 5.41) is 0. The average molecular weight is 211 g/mol. The molecule has 0 amide bonds. The molecule has 3 heteroatoms. The molecular weight excluding hydrogens is 198 g/mol. The second kappa shape index (κ2) is 4.19. The Morgan fingerprint density at radius 3 is 2.62 bits per heavy atom. The largest absolute Gasteiger partial charge is 0.333 e. The molecule has 1 aromatic heterocycles. The highest BCUT2D eigenvalue weighted by molar-refractivity contribution is 5.55. The minimum Gasteiger partial charge on any atom is -0.333 e. The summed E-state index contributed by atoms with van der Waals surface area (Å²) in [7, 11) is 1.95. The Balaban J connectivity index is 2.45. The molecule has 1 unspecified atom stereocenters. The summed E-state index contributed by atoms with van der Waals surface area (Å²) >= 11 is 0. The Labute approximate surface area is 95.2 Å². The normalized spacial score (nSPS) is 12.1. The zero-order valence-corrected chi connectivity index (χ0v) is 9.38. The average Bonchev–Trinajstić information content (AvgIpc) is 2.71. The van der Waals surface area contributed by atoms with Crippen molar-refractivity contribution in [2.45, 2.75) is 13.0 Å². The first-order valence-corrected chi connectivity index (χ1v) is 5.17. The predicted octanol–water partition coefficient (Wildman–Crippen LogP) is 3.07. The van der Waals surface area contributed by atoms with Gasteiger partial charge in [-0.2, -0.15) is 0 Å². The lowest BCUT2D eigenvalue weighted by atomic mass is 10.2. The minimum absolute atomic E-state index is 0.177. The maximum Gasteiger partial charge on any atom is 0.264 e. The third kappa shape index (κ3) is 1.82. The Morgan fingerprint density at radius 2 is 2.00 bits per heavy atom. The second-order valence-corrected chi connectivity index (χ2v) is 3.77. The van der Waals surface area contributed by atoms with E-state index in [4.69, 9.17) is 6.57 Å². The van der Waals surface area contributed by atoms with E-state index in [1.807, 2.05) is 55.1 Å². The maximum absolute atomic E-state index is 7.01. The molecule has 0 aliphatic rings. The lowest BCUT2D eigenvalue weighted by molar-refractivity contribution is 0.900. The number of benzene rings is 1. The predicted molar refractivity (Wildman–Crippen MR) is 63.7 cm³/mol. The molecule has 0 fully saturated rings. The van der Waals surface area contributed by atoms with Crippen LogP contribution in [0.4, 0.5) is 0 Å². The van der Waals surface area contributed by atoms with Gasteiger partial charge in [-0.05, 0) is 0 Å². The van der Waals surface area contributed by atoms with Gasteiger partial charge in [-0.25, -0.2) is 11.6 Å². The molecule has 0 spiro atoms. The molecule has 0 radical (unpaired) electrons. The Kier molecular flexibility index (Phi) is 2.74. The molecule has 0 saturated carbocycles. The fourth-order valence-corrected chi connectivity index (χ4v) is 1.61. The van der Waals surface area contributed by atoms with Crippen LogP contribution in [0, 0.1) is 6.57 Å². The van der Waals surface area contributed by atoms with E-state index in [2.05, 4.69) is 9.83 Å². The van der Waals surface area contributed by atoms with Crippen molar-refractivity contribution in [1.82, 2.24) is 9.55 Å². The van der Waals surface area contributed by atoms with Gasteiger partial charge >= 0.3 is 0 Å². The zero-order valence-electron chi connectivity index (χ0n) is 9.38. The van der Waals surface area contributed by atoms with Gasteiger partial charge in [0, 0.05) is 25.7 Å². The highest BCUT2D eigenvalue weighted by atomic mass is 15.1. The van der Waals surface area contributed by atoms with Crippen molar-refractivity contribution in [3.05, 3.63) is 53.6 Å². The molecule has 0 aliphatic heterocycles. The van der Waals surface area contributed by atoms with Crippen LogP contribution in [0.3, 0.4) is 0 Å². The van der Waals surface area contributed by atoms with Gasteiger partial charge in [-0.3, -0.25) is 0 Å². The van der Waals surface area contributed by atoms with Crippen molar-refractivity contribution < 1.29 is 0 Å². The van der Waals surface area contributed by atoms with E-state index in [1.165, 1.54) is 0 Å². The topological polar surface area (TPSA) is 22.2 Å². The summed E-state index contributed by atoms with van der Waals surface area (Å²) in [6.07, 6.45) is 1.92. The zero-order chi connectivity index (χ0) is 11.5. The summed E-state index contributed by atoms with van der Waals surface area (Å²) in [6, 6.07) is 9.83. The van der Waals surface area contributed by atoms with E-state index in [0.717, 1.165) is 17.1 Å². The molecule has 0 N–H and O–H groups in total. The van der Waals surface area contributed by atoms with Crippen LogP contribution < -0.4 is 0 Å². The Morgan fingerprint density at radius 1 is 1.31 bits per heavy atom. The van der Waals surface area contributed by atoms with Crippen molar-refractivity contribution in [3.63, 3.8) is 0 Å². The van der Waals surface area contributed by atoms with Gasteiger partial charge < -0.3 is 9.41 Å². The second-order valence-electron chi connectivity index (χ2n) is 3.77. The highest BCUT2D eigenvalue weighted by Gasteiger charge is 2.15. The number of nitrogens with zero attached hydrogens (tertiary/aromatic N) is 3. The number of rotatable bonds is 2. The van der Waals surface area contributed by atoms with Gasteiger partial charge in [0.05, 0.1) is 0 Å². The molecule has 0 bridgehead atoms. The van der Waals surface area contributed by atoms with Crippen molar-refractivity contribution in [2.75, 3.05) is 0 Å². The number of imidazole rings is 1. The molecule has 0 aliphatic carbocycles. The van der Waals surface area contributed by atoms with E-state index in [-0.39, 0.29) is 6.04 Å². The van der Waals surface area contributed by atoms with Gasteiger partial charge in [0.2, 0.25) is 0 Å². The number of aromatic nitrogens is 2. The van der Waals surface area contributed by atoms with E-state index in [9.17, 15) is 0 Å². The van der Waals surface area contributed by atoms with Crippen LogP contribution in [0.2, 0.25) is 0 Å². The van der Waals surface area contributed by atoms with Gasteiger partial charge in [-0.1, -0.05) is 30.3 Å². The fraction of sp³-hybridized carbons (Fsp3) is 0.231. The van der Waals surface area contributed by atoms with Crippen LogP contribution in [-0.4, -0.2) is 9.55 Å². The minimum atomic E-state index is -0.177. The summed E-state index contributed by atoms with van der Waals surface area (Å²) in [6.45, 7) is 8.87. The molecule has 16 heavy (non-hydrogen) atoms. The lowest BCUT2D eigenvalue weighted by Gasteiger charge is -1.99. The number of hydrogen-bond donors (Lipinski definition) is 0. The Hall–Kier alpha value is -2.08. The van der Waals surface area contributed by atoms with Crippen molar-refractivity contribution in [3.8, 4) is 11.4 Å². The summed E-state index contributed by atoms with van der Waals surface area (Å²) < 4.78 is 1.96. The van der Waals surface area contributed by atoms with Gasteiger partial charge in [0.25, 0.3) is 6.04 Å². The van der Waals surface area contributed by atoms with E-state index in [0.29, 0.717) is 0 Å². The van der Waals surface area contributed by atoms with Gasteiger partial charge in [0.1, 0.15) is 11.5 Å². The molecule has 1 aromatic carbocycles. The standard InChI is InChI=1S/C13H13N3/c1-10(14-2)12-9-16(3)13(15-12)11-7-5-4-6-8-11/h4-10H,1,3H3. The molecule has 1 atom stereocenters. The first kappa shape index (κ1) is 10.4. The van der Waals surface area contributed by atoms with Crippen molar-refractivity contribution in [2.24, 2.45) is 7.05 Å². The quantitative estimate of drug-likeness (QED) is 0.700. The molecule has 80 valence electrons. The van der Waals surface area contributed by atoms with Crippen LogP contribution in [0.25, 0.3) is 16.2 Å². The maximum atomic E-state index is 7.01. The van der Waals surface area contributed by atoms with Crippen molar-refractivity contribution >= 4 is 0 Å². The molecule has 2 aromatic rings. The summed E-state index contributed by atoms with van der Waals surface area (Å²) in [5.74, 6) is 0.908. The summed E-state index contributed by atoms with van der Waals surface area (Å²) in [4.78, 5) is 7.98. The third-order valence-corrected chi connectivity index (χ3v) is 2.55. The summed E-state index contributed by atoms with van der Waals surface area (Å²) in [5.41, 5.74) is 1.91. The van der Waals surface area contributed by atoms with E-state index in [1.54, 1.807) is 0 Å². The van der Waals surface area contributed by atoms with E-state index >= 15 is 0 Å². The monoisotopic (exact) mass is 211 g/mol. The molecule has 2 rings (SSSR count). The van der Waals surface area contributed by atoms with E-state index < -0.39 is 0 Å². The Bertz CT molecular complexity index is 520. The first-order chi connectivity index (χ1) is 7.72. The molecule has 3 nitrogen and oxygen atoms in total. The van der Waals surface area contributed by atoms with Crippen LogP contribution in [0.1, 0.15) is 18.7 Å². The number of hydrogen-bond acceptors (Lipinski definition) is 1. The highest BCUT2D eigenvalue weighted by Crippen LogP contribution is 2.22. The van der Waals surface area contributed by atoms with Crippen LogP contribution in [-0.2, 0) is 7.05 Å². The lowest BCUT2D eigenvalue weighted by Crippen LogP contribution is -1.90. The first-order valence-electron chi connectivity index (χ1n) is 5.17. The molecular formula is C13H13N3. The van der Waals surface area contributed by atoms with Gasteiger partial charge in [-0.15, -0.1) is 0 Å². The molecule has 1 heterocycles. The van der Waals surface area contributed by atoms with Crippen LogP contribution in [0.15, 0.2) is 36.5 Å². The van der Waals surface area contributed by atoms with Crippen molar-refractivity contribution in [1.29, 1.82) is 0 Å². The van der Waals surface area contributed by atoms with Crippen LogP contribution >= 0.6 is 0 Å². The third-order valence-electron chi connectivity index (χ3n) is 2.55. The smallest absolute Gasteiger partial charge is 0.264 e. The SMILES string of the molecule is [C-]#[N+]C(C)c1cn(C)c(-c2ccccc2)n1. The van der Waals surface area contributed by atoms with Gasteiger partial charge in [0.15, 0.2) is 0 Å². The van der Waals surface area contributed by atoms with Crippen LogP contribution in [0.5, 0.6) is 0 Å². The molecule has 0 saturated heterocycles.